The molecule has 1 aliphatic heterocycles. The molecule has 110 valence electrons. The van der Waals surface area contributed by atoms with Gasteiger partial charge in [-0.25, -0.2) is 0 Å². The molecule has 0 saturated carbocycles. The summed E-state index contributed by atoms with van der Waals surface area (Å²) < 4.78 is 10.5. The van der Waals surface area contributed by atoms with E-state index in [9.17, 15) is 4.79 Å². The van der Waals surface area contributed by atoms with Crippen molar-refractivity contribution in [3.63, 3.8) is 0 Å². The molecule has 0 N–H and O–H groups in total. The zero-order valence-corrected chi connectivity index (χ0v) is 12.5. The number of methoxy groups -OCH3 is 1. The van der Waals surface area contributed by atoms with Crippen molar-refractivity contribution in [2.24, 2.45) is 5.41 Å². The Bertz CT molecular complexity index is 464. The Kier molecular flexibility index (Phi) is 4.53. The van der Waals surface area contributed by atoms with Crippen molar-refractivity contribution in [2.45, 2.75) is 26.2 Å². The highest BCUT2D eigenvalue weighted by Gasteiger charge is 2.37. The molecule has 2 aliphatic rings. The zero-order valence-electron chi connectivity index (χ0n) is 12.5. The van der Waals surface area contributed by atoms with E-state index in [0.717, 1.165) is 25.1 Å². The van der Waals surface area contributed by atoms with Crippen LogP contribution in [0.5, 0.6) is 0 Å². The van der Waals surface area contributed by atoms with Crippen molar-refractivity contribution in [3.8, 4) is 0 Å². The van der Waals surface area contributed by atoms with Gasteiger partial charge >= 0.3 is 5.97 Å². The van der Waals surface area contributed by atoms with Crippen molar-refractivity contribution in [3.05, 3.63) is 35.8 Å². The van der Waals surface area contributed by atoms with Crippen LogP contribution in [0.2, 0.25) is 0 Å². The molecule has 0 aromatic carbocycles. The van der Waals surface area contributed by atoms with Crippen molar-refractivity contribution in [2.75, 3.05) is 27.3 Å². The molecule has 1 heterocycles. The van der Waals surface area contributed by atoms with E-state index in [-0.39, 0.29) is 5.97 Å². The molecule has 1 saturated heterocycles. The number of rotatable bonds is 4. The van der Waals surface area contributed by atoms with Crippen LogP contribution in [0.4, 0.5) is 0 Å². The summed E-state index contributed by atoms with van der Waals surface area (Å²) in [6, 6.07) is 0. The lowest BCUT2D eigenvalue weighted by molar-refractivity contribution is -0.150. The van der Waals surface area contributed by atoms with E-state index in [2.05, 4.69) is 18.0 Å². The number of carbonyl (C=O) groups is 1. The standard InChI is InChI=1S/C16H23NO3/c1-4-20-15(18)16(9-7-14(19-3)8-10-16)12-13-6-5-11-17(13)2/h7-9,12H,4-6,10-11H2,1-3H3. The van der Waals surface area contributed by atoms with Gasteiger partial charge in [0.2, 0.25) is 0 Å². The number of esters is 1. The van der Waals surface area contributed by atoms with Crippen molar-refractivity contribution >= 4 is 5.97 Å². The molecular weight excluding hydrogens is 254 g/mol. The maximum atomic E-state index is 12.4. The van der Waals surface area contributed by atoms with Crippen LogP contribution in [0.25, 0.3) is 0 Å². The van der Waals surface area contributed by atoms with Crippen molar-refractivity contribution in [1.82, 2.24) is 4.90 Å². The normalized spacial score (nSPS) is 27.6. The van der Waals surface area contributed by atoms with Gasteiger partial charge in [-0.05, 0) is 44.4 Å². The van der Waals surface area contributed by atoms with Gasteiger partial charge in [-0.15, -0.1) is 0 Å². The fourth-order valence-electron chi connectivity index (χ4n) is 2.68. The van der Waals surface area contributed by atoms with E-state index < -0.39 is 5.41 Å². The lowest BCUT2D eigenvalue weighted by atomic mass is 9.80. The molecule has 20 heavy (non-hydrogen) atoms. The van der Waals surface area contributed by atoms with Gasteiger partial charge in [0.25, 0.3) is 0 Å². The first-order chi connectivity index (χ1) is 9.61. The Hall–Kier alpha value is -1.71. The van der Waals surface area contributed by atoms with E-state index in [4.69, 9.17) is 9.47 Å². The Morgan fingerprint density at radius 1 is 1.55 bits per heavy atom. The quantitative estimate of drug-likeness (QED) is 0.741. The minimum Gasteiger partial charge on any atom is -0.497 e. The summed E-state index contributed by atoms with van der Waals surface area (Å²) in [6.07, 6.45) is 10.5. The molecule has 4 heteroatoms. The second kappa shape index (κ2) is 6.16. The molecule has 1 fully saturated rings. The van der Waals surface area contributed by atoms with Gasteiger partial charge in [0.05, 0.1) is 13.7 Å². The van der Waals surface area contributed by atoms with E-state index in [1.54, 1.807) is 7.11 Å². The van der Waals surface area contributed by atoms with Crippen LogP contribution in [0, 0.1) is 5.41 Å². The lowest BCUT2D eigenvalue weighted by Gasteiger charge is -2.28. The Balaban J connectivity index is 2.29. The average molecular weight is 277 g/mol. The Labute approximate surface area is 120 Å². The summed E-state index contributed by atoms with van der Waals surface area (Å²) in [5, 5.41) is 0. The molecule has 0 radical (unpaired) electrons. The van der Waals surface area contributed by atoms with Gasteiger partial charge < -0.3 is 14.4 Å². The van der Waals surface area contributed by atoms with Crippen LogP contribution in [0.15, 0.2) is 35.8 Å². The number of nitrogens with zero attached hydrogens (tertiary/aromatic N) is 1. The summed E-state index contributed by atoms with van der Waals surface area (Å²) >= 11 is 0. The number of likely N-dealkylation sites (tertiary alicyclic amines) is 1. The first-order valence-electron chi connectivity index (χ1n) is 7.15. The highest BCUT2D eigenvalue weighted by atomic mass is 16.5. The monoisotopic (exact) mass is 277 g/mol. The summed E-state index contributed by atoms with van der Waals surface area (Å²) in [4.78, 5) is 14.6. The maximum absolute atomic E-state index is 12.4. The molecular formula is C16H23NO3. The number of ether oxygens (including phenoxy) is 2. The predicted octanol–water partition coefficient (Wildman–Crippen LogP) is 2.64. The first kappa shape index (κ1) is 14.7. The minimum absolute atomic E-state index is 0.185. The van der Waals surface area contributed by atoms with Crippen LogP contribution < -0.4 is 0 Å². The molecule has 4 nitrogen and oxygen atoms in total. The van der Waals surface area contributed by atoms with Gasteiger partial charge in [-0.1, -0.05) is 6.08 Å². The number of hydrogen-bond donors (Lipinski definition) is 0. The second-order valence-corrected chi connectivity index (χ2v) is 5.27. The first-order valence-corrected chi connectivity index (χ1v) is 7.15. The molecule has 0 aromatic rings. The van der Waals surface area contributed by atoms with Crippen LogP contribution >= 0.6 is 0 Å². The lowest BCUT2D eigenvalue weighted by Crippen LogP contribution is -2.31. The smallest absolute Gasteiger partial charge is 0.320 e. The number of hydrogen-bond acceptors (Lipinski definition) is 4. The molecule has 0 bridgehead atoms. The Morgan fingerprint density at radius 3 is 2.85 bits per heavy atom. The van der Waals surface area contributed by atoms with Gasteiger partial charge in [0, 0.05) is 19.3 Å². The minimum atomic E-state index is -0.689. The van der Waals surface area contributed by atoms with Crippen molar-refractivity contribution in [1.29, 1.82) is 0 Å². The third kappa shape index (κ3) is 2.89. The zero-order chi connectivity index (χ0) is 14.6. The molecule has 0 aromatic heterocycles. The van der Waals surface area contributed by atoms with Crippen molar-refractivity contribution < 1.29 is 14.3 Å². The van der Waals surface area contributed by atoms with Crippen LogP contribution in [-0.4, -0.2) is 38.2 Å². The second-order valence-electron chi connectivity index (χ2n) is 5.27. The molecule has 2 rings (SSSR count). The van der Waals surface area contributed by atoms with Crippen LogP contribution in [0.1, 0.15) is 26.2 Å². The van der Waals surface area contributed by atoms with Crippen LogP contribution in [0.3, 0.4) is 0 Å². The number of allylic oxidation sites excluding steroid dienone is 3. The van der Waals surface area contributed by atoms with Gasteiger partial charge in [-0.2, -0.15) is 0 Å². The van der Waals surface area contributed by atoms with Gasteiger partial charge in [-0.3, -0.25) is 4.79 Å². The summed E-state index contributed by atoms with van der Waals surface area (Å²) in [6.45, 7) is 3.28. The maximum Gasteiger partial charge on any atom is 0.320 e. The van der Waals surface area contributed by atoms with E-state index in [0.29, 0.717) is 13.0 Å². The largest absolute Gasteiger partial charge is 0.497 e. The summed E-state index contributed by atoms with van der Waals surface area (Å²) in [5.41, 5.74) is 0.531. The number of carbonyl (C=O) groups excluding carboxylic acids is 1. The van der Waals surface area contributed by atoms with E-state index >= 15 is 0 Å². The predicted molar refractivity (Wildman–Crippen MR) is 77.9 cm³/mol. The van der Waals surface area contributed by atoms with E-state index in [1.807, 2.05) is 25.2 Å². The molecule has 0 spiro atoms. The molecule has 0 amide bonds. The van der Waals surface area contributed by atoms with Gasteiger partial charge in [0.1, 0.15) is 11.2 Å². The Morgan fingerprint density at radius 2 is 2.35 bits per heavy atom. The average Bonchev–Trinajstić information content (AvgIpc) is 2.85. The highest BCUT2D eigenvalue weighted by Crippen LogP contribution is 2.36. The fourth-order valence-corrected chi connectivity index (χ4v) is 2.68. The highest BCUT2D eigenvalue weighted by molar-refractivity contribution is 5.82. The third-order valence-corrected chi connectivity index (χ3v) is 3.92. The fraction of sp³-hybridized carbons (Fsp3) is 0.562. The molecule has 1 aliphatic carbocycles. The topological polar surface area (TPSA) is 38.8 Å². The molecule has 1 unspecified atom stereocenters. The van der Waals surface area contributed by atoms with Crippen LogP contribution in [-0.2, 0) is 14.3 Å². The molecule has 1 atom stereocenters. The third-order valence-electron chi connectivity index (χ3n) is 3.92. The van der Waals surface area contributed by atoms with E-state index in [1.165, 1.54) is 5.70 Å². The SMILES string of the molecule is CCOC(=O)C1(C=C2CCCN2C)C=CC(OC)=CC1. The summed E-state index contributed by atoms with van der Waals surface area (Å²) in [7, 11) is 3.71. The van der Waals surface area contributed by atoms with Gasteiger partial charge in [0.15, 0.2) is 0 Å². The summed E-state index contributed by atoms with van der Waals surface area (Å²) in [5.74, 6) is 0.610.